The normalized spacial score (nSPS) is 10.7. The number of nitriles is 1. The molecule has 1 aromatic rings. The molecule has 0 spiro atoms. The highest BCUT2D eigenvalue weighted by Gasteiger charge is 2.07. The average Bonchev–Trinajstić information content (AvgIpc) is 2.35. The molecule has 16 heavy (non-hydrogen) atoms. The van der Waals surface area contributed by atoms with Crippen LogP contribution in [-0.2, 0) is 9.53 Å². The first-order valence-electron chi connectivity index (χ1n) is 4.55. The van der Waals surface area contributed by atoms with E-state index in [-0.39, 0.29) is 5.57 Å². The van der Waals surface area contributed by atoms with Crippen molar-refractivity contribution >= 4 is 23.8 Å². The van der Waals surface area contributed by atoms with Gasteiger partial charge in [-0.25, -0.2) is 4.79 Å². The van der Waals surface area contributed by atoms with Crippen LogP contribution in [0.2, 0.25) is 0 Å². The molecule has 4 heteroatoms. The topological polar surface area (TPSA) is 50.1 Å². The molecule has 3 nitrogen and oxygen atoms in total. The lowest BCUT2D eigenvalue weighted by atomic mass is 10.1. The minimum absolute atomic E-state index is 0.000554. The summed E-state index contributed by atoms with van der Waals surface area (Å²) in [7, 11) is 1.25. The van der Waals surface area contributed by atoms with Gasteiger partial charge in [0.2, 0.25) is 0 Å². The lowest BCUT2D eigenvalue weighted by Gasteiger charge is -1.98. The van der Waals surface area contributed by atoms with Gasteiger partial charge in [-0.15, -0.1) is 11.8 Å². The van der Waals surface area contributed by atoms with Gasteiger partial charge in [0.1, 0.15) is 11.6 Å². The van der Waals surface area contributed by atoms with Crippen molar-refractivity contribution in [3.63, 3.8) is 0 Å². The second-order valence-corrected chi connectivity index (χ2v) is 3.81. The van der Waals surface area contributed by atoms with Gasteiger partial charge in [0.25, 0.3) is 0 Å². The average molecular weight is 233 g/mol. The highest BCUT2D eigenvalue weighted by atomic mass is 32.2. The van der Waals surface area contributed by atoms with Crippen LogP contribution in [0, 0.1) is 11.3 Å². The molecule has 0 saturated heterocycles. The highest BCUT2D eigenvalue weighted by molar-refractivity contribution is 7.98. The van der Waals surface area contributed by atoms with Crippen LogP contribution in [0.25, 0.3) is 6.08 Å². The van der Waals surface area contributed by atoms with Gasteiger partial charge >= 0.3 is 5.97 Å². The Bertz CT molecular complexity index is 443. The van der Waals surface area contributed by atoms with Crippen LogP contribution in [0.3, 0.4) is 0 Å². The van der Waals surface area contributed by atoms with E-state index in [4.69, 9.17) is 5.26 Å². The van der Waals surface area contributed by atoms with Crippen molar-refractivity contribution in [1.29, 1.82) is 5.26 Å². The van der Waals surface area contributed by atoms with Crippen molar-refractivity contribution in [2.24, 2.45) is 0 Å². The Morgan fingerprint density at radius 2 is 2.06 bits per heavy atom. The zero-order valence-corrected chi connectivity index (χ0v) is 9.88. The first kappa shape index (κ1) is 12.3. The maximum atomic E-state index is 11.2. The van der Waals surface area contributed by atoms with Crippen LogP contribution < -0.4 is 0 Å². The van der Waals surface area contributed by atoms with Gasteiger partial charge in [0, 0.05) is 4.90 Å². The van der Waals surface area contributed by atoms with Crippen molar-refractivity contribution in [1.82, 2.24) is 0 Å². The van der Waals surface area contributed by atoms with Gasteiger partial charge in [-0.1, -0.05) is 12.1 Å². The second-order valence-electron chi connectivity index (χ2n) is 2.93. The molecule has 0 heterocycles. The Labute approximate surface area is 98.7 Å². The number of carbonyl (C=O) groups excluding carboxylic acids is 1. The van der Waals surface area contributed by atoms with E-state index in [1.165, 1.54) is 13.2 Å². The number of methoxy groups -OCH3 is 1. The molecule has 0 unspecified atom stereocenters. The number of hydrogen-bond acceptors (Lipinski definition) is 4. The third-order valence-electron chi connectivity index (χ3n) is 1.95. The monoisotopic (exact) mass is 233 g/mol. The summed E-state index contributed by atoms with van der Waals surface area (Å²) < 4.78 is 4.49. The van der Waals surface area contributed by atoms with Crippen molar-refractivity contribution < 1.29 is 9.53 Å². The number of rotatable bonds is 3. The summed E-state index contributed by atoms with van der Waals surface area (Å²) in [6.07, 6.45) is 3.50. The molecule has 0 saturated carbocycles. The molecule has 0 radical (unpaired) electrons. The minimum Gasteiger partial charge on any atom is -0.465 e. The highest BCUT2D eigenvalue weighted by Crippen LogP contribution is 2.16. The first-order valence-corrected chi connectivity index (χ1v) is 5.78. The molecular weight excluding hydrogens is 222 g/mol. The molecule has 0 aromatic heterocycles. The lowest BCUT2D eigenvalue weighted by Crippen LogP contribution is -2.02. The Balaban J connectivity index is 2.96. The third kappa shape index (κ3) is 3.14. The molecule has 0 aliphatic rings. The Kier molecular flexibility index (Phi) is 4.62. The van der Waals surface area contributed by atoms with E-state index in [2.05, 4.69) is 4.74 Å². The van der Waals surface area contributed by atoms with E-state index < -0.39 is 5.97 Å². The fourth-order valence-corrected chi connectivity index (χ4v) is 1.52. The zero-order chi connectivity index (χ0) is 12.0. The van der Waals surface area contributed by atoms with Crippen LogP contribution in [0.5, 0.6) is 0 Å². The minimum atomic E-state index is -0.614. The SMILES string of the molecule is COC(=O)C(C#N)=Cc1ccc(SC)cc1. The Morgan fingerprint density at radius 3 is 2.50 bits per heavy atom. The molecular formula is C12H11NO2S. The van der Waals surface area contributed by atoms with Gasteiger partial charge in [-0.05, 0) is 30.0 Å². The van der Waals surface area contributed by atoms with Crippen LogP contribution in [0.1, 0.15) is 5.56 Å². The van der Waals surface area contributed by atoms with E-state index in [1.807, 2.05) is 36.6 Å². The third-order valence-corrected chi connectivity index (χ3v) is 2.70. The van der Waals surface area contributed by atoms with Crippen LogP contribution >= 0.6 is 11.8 Å². The van der Waals surface area contributed by atoms with Gasteiger partial charge in [-0.2, -0.15) is 5.26 Å². The van der Waals surface area contributed by atoms with E-state index in [0.29, 0.717) is 0 Å². The van der Waals surface area contributed by atoms with Crippen LogP contribution in [0.15, 0.2) is 34.7 Å². The zero-order valence-electron chi connectivity index (χ0n) is 9.06. The molecule has 0 amide bonds. The number of ether oxygens (including phenoxy) is 1. The van der Waals surface area contributed by atoms with Gasteiger partial charge < -0.3 is 4.74 Å². The van der Waals surface area contributed by atoms with Crippen molar-refractivity contribution in [3.8, 4) is 6.07 Å². The molecule has 0 N–H and O–H groups in total. The van der Waals surface area contributed by atoms with Crippen LogP contribution in [-0.4, -0.2) is 19.3 Å². The molecule has 1 rings (SSSR count). The smallest absolute Gasteiger partial charge is 0.348 e. The molecule has 0 atom stereocenters. The van der Waals surface area contributed by atoms with Crippen molar-refractivity contribution in [2.75, 3.05) is 13.4 Å². The fraction of sp³-hybridized carbons (Fsp3) is 0.167. The van der Waals surface area contributed by atoms with E-state index in [0.717, 1.165) is 10.5 Å². The quantitative estimate of drug-likeness (QED) is 0.348. The molecule has 0 aliphatic heterocycles. The summed E-state index contributed by atoms with van der Waals surface area (Å²) in [5.41, 5.74) is 0.805. The van der Waals surface area contributed by atoms with E-state index in [9.17, 15) is 4.79 Å². The number of carbonyl (C=O) groups is 1. The second kappa shape index (κ2) is 5.99. The number of nitrogens with zero attached hydrogens (tertiary/aromatic N) is 1. The summed E-state index contributed by atoms with van der Waals surface area (Å²) in [6, 6.07) is 9.38. The summed E-state index contributed by atoms with van der Waals surface area (Å²) in [5, 5.41) is 8.77. The standard InChI is InChI=1S/C12H11NO2S/c1-15-12(14)10(8-13)7-9-3-5-11(16-2)6-4-9/h3-7H,1-2H3. The summed E-state index contributed by atoms with van der Waals surface area (Å²) in [4.78, 5) is 12.3. The lowest BCUT2D eigenvalue weighted by molar-refractivity contribution is -0.135. The number of hydrogen-bond donors (Lipinski definition) is 0. The maximum Gasteiger partial charge on any atom is 0.348 e. The number of esters is 1. The van der Waals surface area contributed by atoms with Gasteiger partial charge in [0.15, 0.2) is 0 Å². The van der Waals surface area contributed by atoms with Crippen LogP contribution in [0.4, 0.5) is 0 Å². The predicted molar refractivity (Wildman–Crippen MR) is 63.8 cm³/mol. The number of benzene rings is 1. The summed E-state index contributed by atoms with van der Waals surface area (Å²) in [5.74, 6) is -0.614. The molecule has 82 valence electrons. The molecule has 0 bridgehead atoms. The Morgan fingerprint density at radius 1 is 1.44 bits per heavy atom. The summed E-state index contributed by atoms with van der Waals surface area (Å²) in [6.45, 7) is 0. The van der Waals surface area contributed by atoms with Crippen molar-refractivity contribution in [2.45, 2.75) is 4.90 Å². The first-order chi connectivity index (χ1) is 7.71. The van der Waals surface area contributed by atoms with Crippen molar-refractivity contribution in [3.05, 3.63) is 35.4 Å². The Hall–Kier alpha value is -1.73. The molecule has 0 aliphatic carbocycles. The largest absolute Gasteiger partial charge is 0.465 e. The summed E-state index contributed by atoms with van der Waals surface area (Å²) >= 11 is 1.64. The molecule has 1 aromatic carbocycles. The predicted octanol–water partition coefficient (Wildman–Crippen LogP) is 2.49. The van der Waals surface area contributed by atoms with Gasteiger partial charge in [-0.3, -0.25) is 0 Å². The van der Waals surface area contributed by atoms with Gasteiger partial charge in [0.05, 0.1) is 7.11 Å². The fourth-order valence-electron chi connectivity index (χ4n) is 1.11. The maximum absolute atomic E-state index is 11.2. The number of thioether (sulfide) groups is 1. The van der Waals surface area contributed by atoms with E-state index >= 15 is 0 Å². The molecule has 0 fully saturated rings. The van der Waals surface area contributed by atoms with E-state index in [1.54, 1.807) is 11.8 Å².